The summed E-state index contributed by atoms with van der Waals surface area (Å²) in [6, 6.07) is 0. The number of aliphatic hydroxyl groups excluding tert-OH is 2. The van der Waals surface area contributed by atoms with Crippen LogP contribution in [0.2, 0.25) is 0 Å². The molecule has 1 unspecified atom stereocenters. The van der Waals surface area contributed by atoms with Crippen LogP contribution in [0.25, 0.3) is 0 Å². The van der Waals surface area contributed by atoms with Crippen molar-refractivity contribution < 1.29 is 29.3 Å². The zero-order valence-corrected chi connectivity index (χ0v) is 28.4. The number of rotatable bonds is 30. The predicted molar refractivity (Wildman–Crippen MR) is 183 cm³/mol. The van der Waals surface area contributed by atoms with Gasteiger partial charge in [-0.1, -0.05) is 140 Å². The van der Waals surface area contributed by atoms with E-state index in [1.807, 2.05) is 36.5 Å². The van der Waals surface area contributed by atoms with Gasteiger partial charge in [0.25, 0.3) is 0 Å². The van der Waals surface area contributed by atoms with E-state index in [2.05, 4.69) is 26.8 Å². The zero-order valence-electron chi connectivity index (χ0n) is 28.4. The number of aliphatic hydroxyl groups is 2. The van der Waals surface area contributed by atoms with E-state index < -0.39 is 12.2 Å². The molecule has 6 heteroatoms. The molecule has 0 bridgehead atoms. The van der Waals surface area contributed by atoms with Gasteiger partial charge in [-0.25, -0.2) is 0 Å². The first-order valence-corrected chi connectivity index (χ1v) is 17.7. The van der Waals surface area contributed by atoms with E-state index in [4.69, 9.17) is 9.47 Å². The minimum atomic E-state index is -1.00. The lowest BCUT2D eigenvalue weighted by Gasteiger charge is -2.12. The number of allylic oxidation sites excluding steroid dienone is 6. The van der Waals surface area contributed by atoms with Crippen molar-refractivity contribution in [1.82, 2.24) is 0 Å². The summed E-state index contributed by atoms with van der Waals surface area (Å²) in [4.78, 5) is 23.8. The Morgan fingerprint density at radius 3 is 1.91 bits per heavy atom. The topological polar surface area (TPSA) is 93.1 Å². The molecule has 0 aliphatic rings. The van der Waals surface area contributed by atoms with Crippen molar-refractivity contribution in [2.24, 2.45) is 5.92 Å². The SMILES string of the molecule is CCCCC/C=C\C[C@@H](O)/C=C/C=C\C/C=C\CCCC(=O)OC[C@H](O)COC(=O)CCCCCCCCCCC(C)CC. The third-order valence-electron chi connectivity index (χ3n) is 7.69. The third kappa shape index (κ3) is 31.3. The molecule has 0 radical (unpaired) electrons. The van der Waals surface area contributed by atoms with E-state index >= 15 is 0 Å². The highest BCUT2D eigenvalue weighted by atomic mass is 16.6. The fourth-order valence-electron chi connectivity index (χ4n) is 4.55. The lowest BCUT2D eigenvalue weighted by molar-refractivity contribution is -0.152. The number of hydrogen-bond acceptors (Lipinski definition) is 6. The summed E-state index contributed by atoms with van der Waals surface area (Å²) in [6.07, 6.45) is 34.7. The fourth-order valence-corrected chi connectivity index (χ4v) is 4.55. The van der Waals surface area contributed by atoms with Gasteiger partial charge >= 0.3 is 11.9 Å². The van der Waals surface area contributed by atoms with Gasteiger partial charge in [-0.3, -0.25) is 9.59 Å². The second kappa shape index (κ2) is 32.2. The molecule has 254 valence electrons. The Hall–Kier alpha value is -2.18. The average Bonchev–Trinajstić information content (AvgIpc) is 3.02. The Kier molecular flexibility index (Phi) is 30.6. The molecule has 0 aromatic carbocycles. The van der Waals surface area contributed by atoms with Gasteiger partial charge in [-0.15, -0.1) is 0 Å². The van der Waals surface area contributed by atoms with Crippen LogP contribution in [-0.2, 0) is 19.1 Å². The van der Waals surface area contributed by atoms with Crippen LogP contribution >= 0.6 is 0 Å². The first-order valence-electron chi connectivity index (χ1n) is 17.7. The Balaban J connectivity index is 3.66. The monoisotopic (exact) mass is 618 g/mol. The first kappa shape index (κ1) is 41.8. The Morgan fingerprint density at radius 1 is 0.659 bits per heavy atom. The Bertz CT molecular complexity index is 784. The molecule has 0 saturated heterocycles. The van der Waals surface area contributed by atoms with E-state index in [1.54, 1.807) is 6.08 Å². The van der Waals surface area contributed by atoms with Crippen molar-refractivity contribution in [2.45, 2.75) is 161 Å². The van der Waals surface area contributed by atoms with Crippen molar-refractivity contribution in [3.05, 3.63) is 48.6 Å². The van der Waals surface area contributed by atoms with Crippen LogP contribution in [0.15, 0.2) is 48.6 Å². The van der Waals surface area contributed by atoms with Gasteiger partial charge in [0.1, 0.15) is 19.3 Å². The first-order chi connectivity index (χ1) is 21.4. The van der Waals surface area contributed by atoms with Gasteiger partial charge in [-0.2, -0.15) is 0 Å². The molecule has 44 heavy (non-hydrogen) atoms. The predicted octanol–water partition coefficient (Wildman–Crippen LogP) is 9.50. The maximum atomic E-state index is 11.9. The summed E-state index contributed by atoms with van der Waals surface area (Å²) in [6.45, 7) is 6.47. The summed E-state index contributed by atoms with van der Waals surface area (Å²) in [7, 11) is 0. The van der Waals surface area contributed by atoms with Gasteiger partial charge in [0, 0.05) is 12.8 Å². The molecule has 0 aromatic rings. The number of unbranched alkanes of at least 4 members (excludes halogenated alkanes) is 11. The van der Waals surface area contributed by atoms with E-state index in [9.17, 15) is 19.8 Å². The van der Waals surface area contributed by atoms with Crippen molar-refractivity contribution in [3.63, 3.8) is 0 Å². The molecule has 0 heterocycles. The minimum Gasteiger partial charge on any atom is -0.463 e. The van der Waals surface area contributed by atoms with E-state index in [0.29, 0.717) is 19.3 Å². The number of hydrogen-bond donors (Lipinski definition) is 2. The van der Waals surface area contributed by atoms with Crippen molar-refractivity contribution in [3.8, 4) is 0 Å². The number of carbonyl (C=O) groups excluding carboxylic acids is 2. The highest BCUT2D eigenvalue weighted by Gasteiger charge is 2.12. The molecular weight excluding hydrogens is 552 g/mol. The van der Waals surface area contributed by atoms with Crippen molar-refractivity contribution in [2.75, 3.05) is 13.2 Å². The molecule has 0 aliphatic carbocycles. The van der Waals surface area contributed by atoms with Crippen LogP contribution < -0.4 is 0 Å². The second-order valence-electron chi connectivity index (χ2n) is 12.1. The van der Waals surface area contributed by atoms with Crippen LogP contribution in [-0.4, -0.2) is 47.6 Å². The van der Waals surface area contributed by atoms with Crippen molar-refractivity contribution in [1.29, 1.82) is 0 Å². The summed E-state index contributed by atoms with van der Waals surface area (Å²) in [5, 5.41) is 19.9. The molecule has 0 aliphatic heterocycles. The highest BCUT2D eigenvalue weighted by molar-refractivity contribution is 5.69. The van der Waals surface area contributed by atoms with Gasteiger partial charge in [0.2, 0.25) is 0 Å². The molecule has 2 N–H and O–H groups in total. The quantitative estimate of drug-likeness (QED) is 0.0360. The van der Waals surface area contributed by atoms with E-state index in [1.165, 1.54) is 64.2 Å². The number of esters is 2. The Morgan fingerprint density at radius 2 is 1.25 bits per heavy atom. The third-order valence-corrected chi connectivity index (χ3v) is 7.69. The van der Waals surface area contributed by atoms with Gasteiger partial charge < -0.3 is 19.7 Å². The van der Waals surface area contributed by atoms with E-state index in [0.717, 1.165) is 44.4 Å². The zero-order chi connectivity index (χ0) is 32.5. The molecule has 0 saturated carbocycles. The Labute approximate surface area is 270 Å². The standard InChI is InChI=1S/C38H66O6/c1-4-6-7-8-18-23-28-35(39)29-24-19-14-10-12-16-21-26-31-38(42)44-33-36(40)32-43-37(41)30-25-20-15-11-9-13-17-22-27-34(3)5-2/h12,14,16,18-19,23-24,29,34-36,39-40H,4-11,13,15,17,20-22,25-28,30-33H2,1-3H3/b16-12-,19-14-,23-18-,29-24+/t34?,35-,36-/m1/s1. The lowest BCUT2D eigenvalue weighted by Crippen LogP contribution is -2.25. The second-order valence-corrected chi connectivity index (χ2v) is 12.1. The van der Waals surface area contributed by atoms with Crippen LogP contribution in [0.1, 0.15) is 149 Å². The number of carbonyl (C=O) groups is 2. The smallest absolute Gasteiger partial charge is 0.305 e. The molecule has 0 rings (SSSR count). The fraction of sp³-hybridized carbons (Fsp3) is 0.737. The summed E-state index contributed by atoms with van der Waals surface area (Å²) < 4.78 is 10.2. The van der Waals surface area contributed by atoms with E-state index in [-0.39, 0.29) is 31.6 Å². The lowest BCUT2D eigenvalue weighted by atomic mass is 9.99. The molecule has 0 spiro atoms. The molecule has 0 aromatic heterocycles. The van der Waals surface area contributed by atoms with Crippen LogP contribution in [0.4, 0.5) is 0 Å². The summed E-state index contributed by atoms with van der Waals surface area (Å²) in [5.74, 6) is 0.178. The average molecular weight is 619 g/mol. The molecule has 0 fully saturated rings. The molecule has 0 amide bonds. The van der Waals surface area contributed by atoms with Crippen LogP contribution in [0.3, 0.4) is 0 Å². The van der Waals surface area contributed by atoms with Crippen molar-refractivity contribution >= 4 is 11.9 Å². The largest absolute Gasteiger partial charge is 0.463 e. The molecule has 6 nitrogen and oxygen atoms in total. The van der Waals surface area contributed by atoms with Gasteiger partial charge in [-0.05, 0) is 50.9 Å². The summed E-state index contributed by atoms with van der Waals surface area (Å²) in [5.41, 5.74) is 0. The van der Waals surface area contributed by atoms with Crippen LogP contribution in [0.5, 0.6) is 0 Å². The maximum absolute atomic E-state index is 11.9. The minimum absolute atomic E-state index is 0.149. The van der Waals surface area contributed by atoms with Gasteiger partial charge in [0.15, 0.2) is 0 Å². The van der Waals surface area contributed by atoms with Gasteiger partial charge in [0.05, 0.1) is 6.10 Å². The maximum Gasteiger partial charge on any atom is 0.305 e. The normalized spacial score (nSPS) is 14.2. The summed E-state index contributed by atoms with van der Waals surface area (Å²) >= 11 is 0. The molecular formula is C38H66O6. The number of ether oxygens (including phenoxy) is 2. The van der Waals surface area contributed by atoms with Crippen LogP contribution in [0, 0.1) is 5.92 Å². The molecule has 3 atom stereocenters. The highest BCUT2D eigenvalue weighted by Crippen LogP contribution is 2.15.